The molecule has 1 aromatic heterocycles. The smallest absolute Gasteiger partial charge is 0.414 e. The summed E-state index contributed by atoms with van der Waals surface area (Å²) >= 11 is 0. The van der Waals surface area contributed by atoms with Crippen molar-refractivity contribution < 1.29 is 39.4 Å². The van der Waals surface area contributed by atoms with Crippen LogP contribution in [0.2, 0.25) is 36.3 Å². The van der Waals surface area contributed by atoms with E-state index < -0.39 is 78.8 Å². The van der Waals surface area contributed by atoms with Gasteiger partial charge >= 0.3 is 11.9 Å². The lowest BCUT2D eigenvalue weighted by molar-refractivity contribution is -0.140. The number of halogens is 3. The first-order chi connectivity index (χ1) is 18.2. The molecule has 1 spiro atoms. The van der Waals surface area contributed by atoms with Crippen LogP contribution in [-0.2, 0) is 34.1 Å². The van der Waals surface area contributed by atoms with E-state index in [2.05, 4.69) is 0 Å². The summed E-state index contributed by atoms with van der Waals surface area (Å²) in [5, 5.41) is -0.0367. The molecule has 41 heavy (non-hydrogen) atoms. The zero-order chi connectivity index (χ0) is 31.8. The Morgan fingerprint density at radius 3 is 2.02 bits per heavy atom. The van der Waals surface area contributed by atoms with Gasteiger partial charge in [-0.1, -0.05) is 41.5 Å². The normalized spacial score (nSPS) is 27.4. The molecule has 1 fully saturated rings. The molecule has 0 amide bonds. The molecule has 4 unspecified atom stereocenters. The summed E-state index contributed by atoms with van der Waals surface area (Å²) in [5.41, 5.74) is -0.552. The molecule has 3 rings (SSSR count). The average molecular weight is 644 g/mol. The molecule has 11 nitrogen and oxygen atoms in total. The Balaban J connectivity index is 2.30. The van der Waals surface area contributed by atoms with Crippen LogP contribution in [0.25, 0.3) is 0 Å². The number of aromatic nitrogens is 2. The van der Waals surface area contributed by atoms with Gasteiger partial charge in [0.2, 0.25) is 0 Å². The summed E-state index contributed by atoms with van der Waals surface area (Å²) in [6.45, 7) is 18.9. The molecule has 0 radical (unpaired) electrons. The summed E-state index contributed by atoms with van der Waals surface area (Å²) in [6, 6.07) is 0. The van der Waals surface area contributed by atoms with E-state index in [9.17, 15) is 31.2 Å². The third kappa shape index (κ3) is 6.17. The van der Waals surface area contributed by atoms with E-state index in [-0.39, 0.29) is 17.3 Å². The highest BCUT2D eigenvalue weighted by Crippen LogP contribution is 2.52. The van der Waals surface area contributed by atoms with Gasteiger partial charge in [-0.15, -0.1) is 0 Å². The summed E-state index contributed by atoms with van der Waals surface area (Å²) in [6.07, 6.45) is -9.29. The molecule has 234 valence electrons. The molecule has 2 aliphatic heterocycles. The highest BCUT2D eigenvalue weighted by molar-refractivity contribution is 7.90. The summed E-state index contributed by atoms with van der Waals surface area (Å²) < 4.78 is 92.0. The van der Waals surface area contributed by atoms with E-state index in [1.54, 1.807) is 4.98 Å². The van der Waals surface area contributed by atoms with Crippen molar-refractivity contribution >= 4 is 26.8 Å². The molecule has 0 aliphatic carbocycles. The van der Waals surface area contributed by atoms with Crippen molar-refractivity contribution in [1.82, 2.24) is 9.55 Å². The van der Waals surface area contributed by atoms with Crippen LogP contribution in [-0.4, -0.2) is 59.0 Å². The second-order valence-electron chi connectivity index (χ2n) is 13.5. The van der Waals surface area contributed by atoms with Crippen LogP contribution in [0.5, 0.6) is 0 Å². The average Bonchev–Trinajstić information content (AvgIpc) is 3.16. The van der Waals surface area contributed by atoms with E-state index in [1.807, 2.05) is 67.7 Å². The Morgan fingerprint density at radius 1 is 1.05 bits per heavy atom. The van der Waals surface area contributed by atoms with Crippen molar-refractivity contribution in [2.45, 2.75) is 108 Å². The molecule has 0 aromatic carbocycles. The Morgan fingerprint density at radius 2 is 1.59 bits per heavy atom. The van der Waals surface area contributed by atoms with Crippen molar-refractivity contribution in [2.24, 2.45) is 5.73 Å². The zero-order valence-corrected chi connectivity index (χ0v) is 27.7. The summed E-state index contributed by atoms with van der Waals surface area (Å²) in [7, 11) is -9.76. The Hall–Kier alpha value is -1.77. The van der Waals surface area contributed by atoms with Gasteiger partial charge in [-0.3, -0.25) is 14.3 Å². The zero-order valence-electron chi connectivity index (χ0n) is 24.9. The molecule has 2 aliphatic rings. The molecule has 0 bridgehead atoms. The maximum absolute atomic E-state index is 13.7. The lowest BCUT2D eigenvalue weighted by Crippen LogP contribution is -2.59. The summed E-state index contributed by atoms with van der Waals surface area (Å²) in [4.78, 5) is 26.7. The van der Waals surface area contributed by atoms with Crippen LogP contribution in [0.3, 0.4) is 0 Å². The largest absolute Gasteiger partial charge is 0.423 e. The van der Waals surface area contributed by atoms with E-state index in [0.29, 0.717) is 16.2 Å². The van der Waals surface area contributed by atoms with Crippen molar-refractivity contribution in [2.75, 3.05) is 6.61 Å². The van der Waals surface area contributed by atoms with Crippen LogP contribution >= 0.6 is 0 Å². The predicted octanol–water partition coefficient (Wildman–Crippen LogP) is 3.76. The van der Waals surface area contributed by atoms with Crippen molar-refractivity contribution in [3.8, 4) is 0 Å². The van der Waals surface area contributed by atoms with Crippen molar-refractivity contribution in [3.63, 3.8) is 0 Å². The Bertz CT molecular complexity index is 1440. The number of nitrogens with one attached hydrogen (secondary N) is 1. The minimum Gasteiger partial charge on any atom is -0.414 e. The number of alkyl halides is 3. The van der Waals surface area contributed by atoms with Crippen molar-refractivity contribution in [3.05, 3.63) is 43.7 Å². The fraction of sp³-hybridized carbons (Fsp3) is 0.750. The molecule has 0 saturated carbocycles. The number of hydrogen-bond acceptors (Lipinski definition) is 9. The van der Waals surface area contributed by atoms with Gasteiger partial charge in [-0.05, 0) is 36.3 Å². The molecule has 1 aromatic rings. The standard InChI is InChI=1S/C24H40F3N3O8SSi2/c1-21(2,3)40(7,8)35-12-16-23(15(28)13-39(33,34)38-23)17(37-41(9,10)22(4,5)6)19(36-16)30-11-14(24(25,26)27)18(31)29-20(30)32/h11,13,16-17,19H,12,28H2,1-10H3,(H,29,31,32). The topological polar surface area (TPSA) is 152 Å². The maximum atomic E-state index is 13.7. The van der Waals surface area contributed by atoms with Crippen molar-refractivity contribution in [1.29, 1.82) is 0 Å². The minimum absolute atomic E-state index is 0.265. The number of hydrogen-bond donors (Lipinski definition) is 2. The van der Waals surface area contributed by atoms with Gasteiger partial charge in [0.05, 0.1) is 17.7 Å². The second-order valence-corrected chi connectivity index (χ2v) is 24.5. The Kier molecular flexibility index (Phi) is 8.36. The van der Waals surface area contributed by atoms with Crippen LogP contribution < -0.4 is 17.0 Å². The molecule has 1 saturated heterocycles. The fourth-order valence-electron chi connectivity index (χ4n) is 4.09. The molecule has 3 heterocycles. The van der Waals surface area contributed by atoms with Gasteiger partial charge in [-0.2, -0.15) is 21.6 Å². The third-order valence-corrected chi connectivity index (χ3v) is 18.6. The van der Waals surface area contributed by atoms with Gasteiger partial charge in [0.15, 0.2) is 28.5 Å². The number of nitrogens with two attached hydrogens (primary N) is 1. The Labute approximate surface area is 239 Å². The third-order valence-electron chi connectivity index (χ3n) is 8.62. The fourth-order valence-corrected chi connectivity index (χ4v) is 7.60. The monoisotopic (exact) mass is 643 g/mol. The highest BCUT2D eigenvalue weighted by atomic mass is 32.2. The first-order valence-corrected chi connectivity index (χ1v) is 20.3. The highest BCUT2D eigenvalue weighted by Gasteiger charge is 2.67. The van der Waals surface area contributed by atoms with Gasteiger partial charge in [0.1, 0.15) is 17.8 Å². The van der Waals surface area contributed by atoms with Gasteiger partial charge in [-0.25, -0.2) is 8.98 Å². The number of nitrogens with zero attached hydrogens (tertiary/aromatic N) is 1. The first-order valence-electron chi connectivity index (χ1n) is 13.0. The molecule has 17 heteroatoms. The lowest BCUT2D eigenvalue weighted by atomic mass is 9.89. The molecular formula is C24H40F3N3O8SSi2. The van der Waals surface area contributed by atoms with E-state index in [4.69, 9.17) is 23.5 Å². The first kappa shape index (κ1) is 33.7. The van der Waals surface area contributed by atoms with E-state index >= 15 is 0 Å². The van der Waals surface area contributed by atoms with Crippen LogP contribution in [0.4, 0.5) is 13.2 Å². The lowest BCUT2D eigenvalue weighted by Gasteiger charge is -2.43. The van der Waals surface area contributed by atoms with Gasteiger partial charge < -0.3 is 19.3 Å². The number of rotatable bonds is 6. The quantitative estimate of drug-likeness (QED) is 0.349. The van der Waals surface area contributed by atoms with E-state index in [1.165, 1.54) is 0 Å². The van der Waals surface area contributed by atoms with E-state index in [0.717, 1.165) is 0 Å². The van der Waals surface area contributed by atoms with Crippen LogP contribution in [0, 0.1) is 0 Å². The van der Waals surface area contributed by atoms with Crippen LogP contribution in [0.1, 0.15) is 53.3 Å². The summed E-state index contributed by atoms with van der Waals surface area (Å²) in [5.74, 6) is 0. The minimum atomic E-state index is -5.11. The van der Waals surface area contributed by atoms with Gasteiger partial charge in [0, 0.05) is 6.20 Å². The SMILES string of the molecule is CC(C)(C)[Si](C)(C)OCC1OC(n2cc(C(F)(F)F)c(=O)[nH]c2=O)C(O[Si](C)(C)C(C)(C)C)C12OS(=O)(=O)C=C2N. The number of H-pyrrole nitrogens is 1. The molecule has 4 atom stereocenters. The van der Waals surface area contributed by atoms with Crippen LogP contribution in [0.15, 0.2) is 26.9 Å². The number of aromatic amines is 1. The maximum Gasteiger partial charge on any atom is 0.423 e. The van der Waals surface area contributed by atoms with Gasteiger partial charge in [0.25, 0.3) is 15.7 Å². The molecule has 3 N–H and O–H groups in total. The second kappa shape index (κ2) is 10.2. The predicted molar refractivity (Wildman–Crippen MR) is 150 cm³/mol. The molecular weight excluding hydrogens is 604 g/mol. The number of ether oxygens (including phenoxy) is 1.